The van der Waals surface area contributed by atoms with Gasteiger partial charge in [-0.3, -0.25) is 4.79 Å². The number of ether oxygens (including phenoxy) is 1. The average Bonchev–Trinajstić information content (AvgIpc) is 2.46. The van der Waals surface area contributed by atoms with E-state index >= 15 is 0 Å². The molecule has 0 unspecified atom stereocenters. The Labute approximate surface area is 117 Å². The van der Waals surface area contributed by atoms with Gasteiger partial charge in [0, 0.05) is 12.1 Å². The molecule has 0 fully saturated rings. The zero-order valence-corrected chi connectivity index (χ0v) is 11.4. The molecule has 4 heteroatoms. The topological polar surface area (TPSA) is 38.3 Å². The van der Waals surface area contributed by atoms with E-state index in [1.165, 1.54) is 25.3 Å². The fraction of sp³-hybridized carbons (Fsp3) is 0.188. The normalized spacial score (nSPS) is 10.2. The SMILES string of the molecule is COc1ccc(C(=O)NCc2ccccc2C)cc1F. The summed E-state index contributed by atoms with van der Waals surface area (Å²) in [4.78, 5) is 12.0. The molecule has 0 heterocycles. The first-order valence-electron chi connectivity index (χ1n) is 6.28. The van der Waals surface area contributed by atoms with Crippen molar-refractivity contribution in [3.8, 4) is 5.75 Å². The van der Waals surface area contributed by atoms with Crippen molar-refractivity contribution < 1.29 is 13.9 Å². The molecule has 0 atom stereocenters. The third kappa shape index (κ3) is 3.15. The third-order valence-corrected chi connectivity index (χ3v) is 3.11. The van der Waals surface area contributed by atoms with E-state index in [1.54, 1.807) is 0 Å². The summed E-state index contributed by atoms with van der Waals surface area (Å²) in [5.41, 5.74) is 2.42. The molecule has 0 aliphatic carbocycles. The van der Waals surface area contributed by atoms with E-state index in [1.807, 2.05) is 31.2 Å². The quantitative estimate of drug-likeness (QED) is 0.929. The molecule has 0 aliphatic rings. The summed E-state index contributed by atoms with van der Waals surface area (Å²) in [7, 11) is 1.39. The number of benzene rings is 2. The van der Waals surface area contributed by atoms with E-state index in [2.05, 4.69) is 5.32 Å². The predicted octanol–water partition coefficient (Wildman–Crippen LogP) is 3.07. The maximum absolute atomic E-state index is 13.5. The molecule has 0 aliphatic heterocycles. The highest BCUT2D eigenvalue weighted by Crippen LogP contribution is 2.17. The van der Waals surface area contributed by atoms with Crippen LogP contribution < -0.4 is 10.1 Å². The number of hydrogen-bond donors (Lipinski definition) is 1. The molecule has 1 N–H and O–H groups in total. The van der Waals surface area contributed by atoms with Crippen LogP contribution in [0.25, 0.3) is 0 Å². The zero-order chi connectivity index (χ0) is 14.5. The number of nitrogens with one attached hydrogen (secondary N) is 1. The molecule has 0 bridgehead atoms. The van der Waals surface area contributed by atoms with Gasteiger partial charge >= 0.3 is 0 Å². The Hall–Kier alpha value is -2.36. The van der Waals surface area contributed by atoms with Crippen LogP contribution in [0.1, 0.15) is 21.5 Å². The van der Waals surface area contributed by atoms with Crippen LogP contribution in [0.5, 0.6) is 5.75 Å². The molecular weight excluding hydrogens is 257 g/mol. The minimum atomic E-state index is -0.545. The van der Waals surface area contributed by atoms with Gasteiger partial charge in [-0.05, 0) is 36.2 Å². The van der Waals surface area contributed by atoms with E-state index in [9.17, 15) is 9.18 Å². The van der Waals surface area contributed by atoms with Crippen LogP contribution in [0, 0.1) is 12.7 Å². The highest BCUT2D eigenvalue weighted by molar-refractivity contribution is 5.94. The molecule has 0 aromatic heterocycles. The Morgan fingerprint density at radius 1 is 1.25 bits per heavy atom. The summed E-state index contributed by atoms with van der Waals surface area (Å²) < 4.78 is 18.4. The molecule has 2 aromatic carbocycles. The molecule has 0 saturated carbocycles. The van der Waals surface area contributed by atoms with Crippen LogP contribution in [0.4, 0.5) is 4.39 Å². The Bertz CT molecular complexity index is 626. The summed E-state index contributed by atoms with van der Waals surface area (Å²) in [5.74, 6) is -0.730. The summed E-state index contributed by atoms with van der Waals surface area (Å²) in [6, 6.07) is 11.9. The Morgan fingerprint density at radius 2 is 2.00 bits per heavy atom. The number of halogens is 1. The third-order valence-electron chi connectivity index (χ3n) is 3.11. The van der Waals surface area contributed by atoms with Crippen LogP contribution in [-0.2, 0) is 6.54 Å². The molecule has 0 spiro atoms. The summed E-state index contributed by atoms with van der Waals surface area (Å²) in [6.07, 6.45) is 0. The van der Waals surface area contributed by atoms with Gasteiger partial charge < -0.3 is 10.1 Å². The van der Waals surface area contributed by atoms with Crippen molar-refractivity contribution >= 4 is 5.91 Å². The standard InChI is InChI=1S/C16H16FNO2/c1-11-5-3-4-6-13(11)10-18-16(19)12-7-8-15(20-2)14(17)9-12/h3-9H,10H2,1-2H3,(H,18,19). The van der Waals surface area contributed by atoms with Crippen molar-refractivity contribution in [2.24, 2.45) is 0 Å². The molecule has 3 nitrogen and oxygen atoms in total. The predicted molar refractivity (Wildman–Crippen MR) is 75.3 cm³/mol. The van der Waals surface area contributed by atoms with Gasteiger partial charge in [-0.2, -0.15) is 0 Å². The largest absolute Gasteiger partial charge is 0.494 e. The van der Waals surface area contributed by atoms with Crippen molar-refractivity contribution in [1.82, 2.24) is 5.32 Å². The van der Waals surface area contributed by atoms with Crippen LogP contribution in [0.3, 0.4) is 0 Å². The van der Waals surface area contributed by atoms with Crippen molar-refractivity contribution in [3.63, 3.8) is 0 Å². The lowest BCUT2D eigenvalue weighted by Crippen LogP contribution is -2.23. The second-order valence-electron chi connectivity index (χ2n) is 4.46. The molecular formula is C16H16FNO2. The Morgan fingerprint density at radius 3 is 2.65 bits per heavy atom. The first-order valence-corrected chi connectivity index (χ1v) is 6.28. The fourth-order valence-electron chi connectivity index (χ4n) is 1.89. The number of amides is 1. The summed E-state index contributed by atoms with van der Waals surface area (Å²) >= 11 is 0. The number of aryl methyl sites for hydroxylation is 1. The summed E-state index contributed by atoms with van der Waals surface area (Å²) in [5, 5.41) is 2.77. The number of hydrogen-bond acceptors (Lipinski definition) is 2. The van der Waals surface area contributed by atoms with Crippen molar-refractivity contribution in [2.45, 2.75) is 13.5 Å². The number of carbonyl (C=O) groups is 1. The van der Waals surface area contributed by atoms with Crippen molar-refractivity contribution in [3.05, 3.63) is 65.0 Å². The maximum Gasteiger partial charge on any atom is 0.251 e. The van der Waals surface area contributed by atoms with E-state index in [0.29, 0.717) is 6.54 Å². The smallest absolute Gasteiger partial charge is 0.251 e. The minimum Gasteiger partial charge on any atom is -0.494 e. The second-order valence-corrected chi connectivity index (χ2v) is 4.46. The molecule has 104 valence electrons. The van der Waals surface area contributed by atoms with Crippen LogP contribution >= 0.6 is 0 Å². The first kappa shape index (κ1) is 14.1. The second kappa shape index (κ2) is 6.19. The molecule has 20 heavy (non-hydrogen) atoms. The van der Waals surface area contributed by atoms with E-state index in [4.69, 9.17) is 4.74 Å². The zero-order valence-electron chi connectivity index (χ0n) is 11.4. The minimum absolute atomic E-state index is 0.125. The molecule has 2 rings (SSSR count). The van der Waals surface area contributed by atoms with Crippen LogP contribution in [-0.4, -0.2) is 13.0 Å². The van der Waals surface area contributed by atoms with Gasteiger partial charge in [-0.1, -0.05) is 24.3 Å². The Balaban J connectivity index is 2.05. The van der Waals surface area contributed by atoms with Gasteiger partial charge in [0.1, 0.15) is 0 Å². The van der Waals surface area contributed by atoms with Crippen LogP contribution in [0.2, 0.25) is 0 Å². The lowest BCUT2D eigenvalue weighted by atomic mass is 10.1. The molecule has 1 amide bonds. The highest BCUT2D eigenvalue weighted by Gasteiger charge is 2.10. The number of rotatable bonds is 4. The lowest BCUT2D eigenvalue weighted by molar-refractivity contribution is 0.0950. The van der Waals surface area contributed by atoms with Gasteiger partial charge in [0.15, 0.2) is 11.6 Å². The van der Waals surface area contributed by atoms with Gasteiger partial charge in [0.05, 0.1) is 7.11 Å². The average molecular weight is 273 g/mol. The van der Waals surface area contributed by atoms with Gasteiger partial charge in [0.2, 0.25) is 0 Å². The van der Waals surface area contributed by atoms with Gasteiger partial charge in [0.25, 0.3) is 5.91 Å². The monoisotopic (exact) mass is 273 g/mol. The molecule has 2 aromatic rings. The van der Waals surface area contributed by atoms with E-state index in [0.717, 1.165) is 11.1 Å². The first-order chi connectivity index (χ1) is 9.61. The van der Waals surface area contributed by atoms with Crippen LogP contribution in [0.15, 0.2) is 42.5 Å². The van der Waals surface area contributed by atoms with Gasteiger partial charge in [-0.25, -0.2) is 4.39 Å². The van der Waals surface area contributed by atoms with E-state index < -0.39 is 5.82 Å². The number of carbonyl (C=O) groups excluding carboxylic acids is 1. The number of methoxy groups -OCH3 is 1. The van der Waals surface area contributed by atoms with Crippen molar-refractivity contribution in [2.75, 3.05) is 7.11 Å². The summed E-state index contributed by atoms with van der Waals surface area (Å²) in [6.45, 7) is 2.40. The lowest BCUT2D eigenvalue weighted by Gasteiger charge is -2.09. The Kier molecular flexibility index (Phi) is 4.35. The maximum atomic E-state index is 13.5. The van der Waals surface area contributed by atoms with Gasteiger partial charge in [-0.15, -0.1) is 0 Å². The fourth-order valence-corrected chi connectivity index (χ4v) is 1.89. The molecule has 0 radical (unpaired) electrons. The highest BCUT2D eigenvalue weighted by atomic mass is 19.1. The molecule has 0 saturated heterocycles. The van der Waals surface area contributed by atoms with Crippen molar-refractivity contribution in [1.29, 1.82) is 0 Å². The van der Waals surface area contributed by atoms with E-state index in [-0.39, 0.29) is 17.2 Å².